The third-order valence-corrected chi connectivity index (χ3v) is 4.04. The molecule has 2 N–H and O–H groups in total. The summed E-state index contributed by atoms with van der Waals surface area (Å²) in [6.07, 6.45) is -0.152. The number of ether oxygens (including phenoxy) is 1. The van der Waals surface area contributed by atoms with Crippen LogP contribution < -0.4 is 10.6 Å². The molecule has 1 amide bonds. The van der Waals surface area contributed by atoms with Crippen molar-refractivity contribution in [3.05, 3.63) is 29.8 Å². The molecule has 21 heavy (non-hydrogen) atoms. The fourth-order valence-corrected chi connectivity index (χ4v) is 2.62. The lowest BCUT2D eigenvalue weighted by molar-refractivity contribution is -0.154. The van der Waals surface area contributed by atoms with Gasteiger partial charge in [-0.15, -0.1) is 0 Å². The Balaban J connectivity index is 1.84. The molecular formula is C15H19BrN2O3. The van der Waals surface area contributed by atoms with Crippen LogP contribution in [0.2, 0.25) is 0 Å². The van der Waals surface area contributed by atoms with Crippen molar-refractivity contribution >= 4 is 33.5 Å². The predicted molar refractivity (Wildman–Crippen MR) is 84.5 cm³/mol. The van der Waals surface area contributed by atoms with Gasteiger partial charge in [-0.25, -0.2) is 0 Å². The average Bonchev–Trinajstić information content (AvgIpc) is 2.88. The molecule has 0 spiro atoms. The Morgan fingerprint density at radius 2 is 2.05 bits per heavy atom. The van der Waals surface area contributed by atoms with Gasteiger partial charge in [0.15, 0.2) is 6.10 Å². The minimum absolute atomic E-state index is 0.270. The van der Waals surface area contributed by atoms with Crippen LogP contribution in [0.3, 0.4) is 0 Å². The van der Waals surface area contributed by atoms with E-state index < -0.39 is 6.10 Å². The Bertz CT molecular complexity index is 518. The first kappa shape index (κ1) is 16.0. The molecule has 3 atom stereocenters. The fraction of sp³-hybridized carbons (Fsp3) is 0.467. The number of halogens is 1. The number of hydrogen-bond acceptors (Lipinski definition) is 4. The van der Waals surface area contributed by atoms with Crippen molar-refractivity contribution < 1.29 is 14.3 Å². The molecular weight excluding hydrogens is 336 g/mol. The van der Waals surface area contributed by atoms with E-state index in [4.69, 9.17) is 4.74 Å². The summed E-state index contributed by atoms with van der Waals surface area (Å²) in [6.45, 7) is 4.27. The van der Waals surface area contributed by atoms with E-state index >= 15 is 0 Å². The summed E-state index contributed by atoms with van der Waals surface area (Å²) in [4.78, 5) is 24.2. The maximum Gasteiger partial charge on any atom is 0.323 e. The fourth-order valence-electron chi connectivity index (χ4n) is 2.06. The van der Waals surface area contributed by atoms with Gasteiger partial charge < -0.3 is 15.4 Å². The SMILES string of the molecule is Cc1ccc(NC(=O)C(C)OC(=O)C2CC(Br)CN2)cc1. The second kappa shape index (κ2) is 7.04. The van der Waals surface area contributed by atoms with Crippen LogP contribution in [0.25, 0.3) is 0 Å². The maximum absolute atomic E-state index is 12.0. The first-order valence-corrected chi connectivity index (χ1v) is 7.83. The number of nitrogens with one attached hydrogen (secondary N) is 2. The van der Waals surface area contributed by atoms with E-state index in [0.29, 0.717) is 12.1 Å². The number of alkyl halides is 1. The Morgan fingerprint density at radius 1 is 1.38 bits per heavy atom. The number of rotatable bonds is 4. The molecule has 114 valence electrons. The molecule has 1 heterocycles. The third kappa shape index (κ3) is 4.54. The van der Waals surface area contributed by atoms with Crippen molar-refractivity contribution in [1.29, 1.82) is 0 Å². The van der Waals surface area contributed by atoms with Gasteiger partial charge in [-0.1, -0.05) is 33.6 Å². The molecule has 3 unspecified atom stereocenters. The number of benzene rings is 1. The van der Waals surface area contributed by atoms with E-state index in [-0.39, 0.29) is 22.7 Å². The van der Waals surface area contributed by atoms with Gasteiger partial charge in [0.2, 0.25) is 0 Å². The van der Waals surface area contributed by atoms with Crippen LogP contribution in [0, 0.1) is 6.92 Å². The summed E-state index contributed by atoms with van der Waals surface area (Å²) in [7, 11) is 0. The van der Waals surface area contributed by atoms with Crippen molar-refractivity contribution in [1.82, 2.24) is 5.32 Å². The van der Waals surface area contributed by atoms with Crippen LogP contribution in [0.5, 0.6) is 0 Å². The summed E-state index contributed by atoms with van der Waals surface area (Å²) in [5.41, 5.74) is 1.80. The van der Waals surface area contributed by atoms with Crippen LogP contribution in [0.4, 0.5) is 5.69 Å². The van der Waals surface area contributed by atoms with Gasteiger partial charge in [-0.2, -0.15) is 0 Å². The average molecular weight is 355 g/mol. The molecule has 1 fully saturated rings. The Labute approximate surface area is 132 Å². The third-order valence-electron chi connectivity index (χ3n) is 3.34. The van der Waals surface area contributed by atoms with Gasteiger partial charge in [-0.3, -0.25) is 9.59 Å². The normalized spacial score (nSPS) is 22.6. The highest BCUT2D eigenvalue weighted by Gasteiger charge is 2.31. The van der Waals surface area contributed by atoms with Gasteiger partial charge in [0.25, 0.3) is 5.91 Å². The summed E-state index contributed by atoms with van der Waals surface area (Å²) in [6, 6.07) is 7.10. The Kier molecular flexibility index (Phi) is 5.36. The van der Waals surface area contributed by atoms with Gasteiger partial charge in [0.1, 0.15) is 6.04 Å². The Hall–Kier alpha value is -1.40. The van der Waals surface area contributed by atoms with Gasteiger partial charge >= 0.3 is 5.97 Å². The van der Waals surface area contributed by atoms with Crippen LogP contribution in [-0.2, 0) is 14.3 Å². The number of amides is 1. The number of aryl methyl sites for hydroxylation is 1. The monoisotopic (exact) mass is 354 g/mol. The zero-order valence-corrected chi connectivity index (χ0v) is 13.6. The van der Waals surface area contributed by atoms with Crippen LogP contribution in [0.1, 0.15) is 18.9 Å². The molecule has 6 heteroatoms. The molecule has 0 aliphatic carbocycles. The summed E-state index contributed by atoms with van der Waals surface area (Å²) < 4.78 is 5.21. The number of anilines is 1. The second-order valence-corrected chi connectivity index (χ2v) is 6.52. The molecule has 0 radical (unpaired) electrons. The van der Waals surface area contributed by atoms with Gasteiger partial charge in [0.05, 0.1) is 0 Å². The standard InChI is InChI=1S/C15H19BrN2O3/c1-9-3-5-12(6-4-9)18-14(19)10(2)21-15(20)13-7-11(16)8-17-13/h3-6,10-11,13,17H,7-8H2,1-2H3,(H,18,19). The molecule has 2 rings (SSSR count). The van der Waals surface area contributed by atoms with Gasteiger partial charge in [-0.05, 0) is 32.4 Å². The minimum Gasteiger partial charge on any atom is -0.451 e. The molecule has 1 saturated heterocycles. The molecule has 5 nitrogen and oxygen atoms in total. The summed E-state index contributed by atoms with van der Waals surface area (Å²) >= 11 is 3.44. The highest BCUT2D eigenvalue weighted by Crippen LogP contribution is 2.16. The largest absolute Gasteiger partial charge is 0.451 e. The number of esters is 1. The minimum atomic E-state index is -0.824. The highest BCUT2D eigenvalue weighted by molar-refractivity contribution is 9.09. The molecule has 0 bridgehead atoms. The molecule has 0 saturated carbocycles. The van der Waals surface area contributed by atoms with Crippen molar-refractivity contribution in [3.8, 4) is 0 Å². The van der Waals surface area contributed by atoms with Crippen LogP contribution in [-0.4, -0.2) is 35.4 Å². The van der Waals surface area contributed by atoms with Crippen molar-refractivity contribution in [3.63, 3.8) is 0 Å². The lowest BCUT2D eigenvalue weighted by atomic mass is 10.2. The maximum atomic E-state index is 12.0. The molecule has 1 aliphatic rings. The first-order chi connectivity index (χ1) is 9.95. The lowest BCUT2D eigenvalue weighted by Crippen LogP contribution is -2.38. The number of hydrogen-bond donors (Lipinski definition) is 2. The second-order valence-electron chi connectivity index (χ2n) is 5.23. The topological polar surface area (TPSA) is 67.4 Å². The molecule has 1 aromatic carbocycles. The van der Waals surface area contributed by atoms with E-state index in [1.165, 1.54) is 0 Å². The summed E-state index contributed by atoms with van der Waals surface area (Å²) in [5.74, 6) is -0.718. The van der Waals surface area contributed by atoms with Crippen molar-refractivity contribution in [2.45, 2.75) is 37.2 Å². The molecule has 0 aromatic heterocycles. The van der Waals surface area contributed by atoms with Gasteiger partial charge in [0, 0.05) is 17.1 Å². The zero-order chi connectivity index (χ0) is 15.4. The molecule has 1 aromatic rings. The van der Waals surface area contributed by atoms with E-state index in [2.05, 4.69) is 26.6 Å². The Morgan fingerprint density at radius 3 is 2.62 bits per heavy atom. The highest BCUT2D eigenvalue weighted by atomic mass is 79.9. The molecule has 1 aliphatic heterocycles. The lowest BCUT2D eigenvalue weighted by Gasteiger charge is -2.16. The van der Waals surface area contributed by atoms with E-state index in [1.807, 2.05) is 31.2 Å². The zero-order valence-electron chi connectivity index (χ0n) is 12.1. The predicted octanol–water partition coefficient (Wildman–Crippen LogP) is 1.99. The van der Waals surface area contributed by atoms with Crippen molar-refractivity contribution in [2.24, 2.45) is 0 Å². The first-order valence-electron chi connectivity index (χ1n) is 6.91. The quantitative estimate of drug-likeness (QED) is 0.640. The van der Waals surface area contributed by atoms with E-state index in [0.717, 1.165) is 12.1 Å². The smallest absolute Gasteiger partial charge is 0.323 e. The van der Waals surface area contributed by atoms with Crippen LogP contribution >= 0.6 is 15.9 Å². The number of carbonyl (C=O) groups excluding carboxylic acids is 2. The van der Waals surface area contributed by atoms with E-state index in [9.17, 15) is 9.59 Å². The van der Waals surface area contributed by atoms with E-state index in [1.54, 1.807) is 6.92 Å². The van der Waals surface area contributed by atoms with Crippen LogP contribution in [0.15, 0.2) is 24.3 Å². The number of carbonyl (C=O) groups is 2. The van der Waals surface area contributed by atoms with Crippen molar-refractivity contribution in [2.75, 3.05) is 11.9 Å². The summed E-state index contributed by atoms with van der Waals surface area (Å²) in [5, 5.41) is 5.78.